The number of benzene rings is 5. The predicted octanol–water partition coefficient (Wildman–Crippen LogP) is 8.66. The number of anilines is 2. The van der Waals surface area contributed by atoms with Gasteiger partial charge < -0.3 is 9.73 Å². The Kier molecular flexibility index (Phi) is 4.47. The van der Waals surface area contributed by atoms with E-state index in [1.54, 1.807) is 0 Å². The molecular weight excluding hydrogens is 390 g/mol. The van der Waals surface area contributed by atoms with Gasteiger partial charge in [0, 0.05) is 16.5 Å². The van der Waals surface area contributed by atoms with Crippen LogP contribution in [0.15, 0.2) is 126 Å². The van der Waals surface area contributed by atoms with Gasteiger partial charge in [0.15, 0.2) is 5.58 Å². The maximum atomic E-state index is 6.15. The largest absolute Gasteiger partial charge is 0.454 e. The third-order valence-electron chi connectivity index (χ3n) is 5.89. The first-order chi connectivity index (χ1) is 15.9. The molecule has 0 radical (unpaired) electrons. The van der Waals surface area contributed by atoms with Crippen LogP contribution in [0.3, 0.4) is 0 Å². The number of para-hydroxylation sites is 2. The summed E-state index contributed by atoms with van der Waals surface area (Å²) >= 11 is 0. The molecule has 1 heterocycles. The van der Waals surface area contributed by atoms with Gasteiger partial charge >= 0.3 is 0 Å². The van der Waals surface area contributed by atoms with Crippen LogP contribution < -0.4 is 5.32 Å². The van der Waals surface area contributed by atoms with Gasteiger partial charge in [-0.15, -0.1) is 0 Å². The predicted molar refractivity (Wildman–Crippen MR) is 134 cm³/mol. The third-order valence-corrected chi connectivity index (χ3v) is 5.89. The molecule has 5 aromatic carbocycles. The zero-order valence-electron chi connectivity index (χ0n) is 17.5. The standard InChI is InChI=1S/C30H21NO/c1-2-9-21(10-3-1)24-11-4-5-12-25(24)22-17-19-23(20-18-22)31-28-15-8-14-27-26-13-6-7-16-29(26)32-30(27)28/h1-20,31H. The Balaban J connectivity index is 1.35. The van der Waals surface area contributed by atoms with Crippen molar-refractivity contribution in [1.82, 2.24) is 0 Å². The summed E-state index contributed by atoms with van der Waals surface area (Å²) in [5, 5.41) is 5.80. The minimum atomic E-state index is 0.882. The van der Waals surface area contributed by atoms with Gasteiger partial charge in [-0.3, -0.25) is 0 Å². The van der Waals surface area contributed by atoms with Crippen LogP contribution in [-0.2, 0) is 0 Å². The highest BCUT2D eigenvalue weighted by atomic mass is 16.3. The molecule has 0 aliphatic carbocycles. The number of fused-ring (bicyclic) bond motifs is 3. The molecule has 0 bridgehead atoms. The second-order valence-corrected chi connectivity index (χ2v) is 7.89. The summed E-state index contributed by atoms with van der Waals surface area (Å²) < 4.78 is 6.15. The van der Waals surface area contributed by atoms with Crippen molar-refractivity contribution in [3.05, 3.63) is 121 Å². The van der Waals surface area contributed by atoms with E-state index in [1.165, 1.54) is 22.3 Å². The Labute approximate surface area is 186 Å². The van der Waals surface area contributed by atoms with E-state index in [-0.39, 0.29) is 0 Å². The zero-order chi connectivity index (χ0) is 21.3. The summed E-state index contributed by atoms with van der Waals surface area (Å²) in [5.74, 6) is 0. The molecule has 32 heavy (non-hydrogen) atoms. The molecule has 0 atom stereocenters. The molecule has 0 aliphatic heterocycles. The quantitative estimate of drug-likeness (QED) is 0.314. The molecule has 0 fully saturated rings. The van der Waals surface area contributed by atoms with Crippen molar-refractivity contribution < 1.29 is 4.42 Å². The SMILES string of the molecule is c1ccc(-c2ccccc2-c2ccc(Nc3cccc4c3oc3ccccc34)cc2)cc1. The first kappa shape index (κ1) is 18.5. The molecule has 2 nitrogen and oxygen atoms in total. The van der Waals surface area contributed by atoms with Crippen molar-refractivity contribution in [2.45, 2.75) is 0 Å². The van der Waals surface area contributed by atoms with Crippen molar-refractivity contribution in [2.24, 2.45) is 0 Å². The maximum Gasteiger partial charge on any atom is 0.158 e. The van der Waals surface area contributed by atoms with E-state index < -0.39 is 0 Å². The minimum Gasteiger partial charge on any atom is -0.454 e. The van der Waals surface area contributed by atoms with Crippen LogP contribution in [-0.4, -0.2) is 0 Å². The van der Waals surface area contributed by atoms with Gasteiger partial charge in [0.05, 0.1) is 5.69 Å². The highest BCUT2D eigenvalue weighted by Crippen LogP contribution is 2.36. The van der Waals surface area contributed by atoms with E-state index in [1.807, 2.05) is 18.2 Å². The highest BCUT2D eigenvalue weighted by molar-refractivity contribution is 6.09. The van der Waals surface area contributed by atoms with E-state index >= 15 is 0 Å². The lowest BCUT2D eigenvalue weighted by Crippen LogP contribution is -1.91. The number of nitrogens with one attached hydrogen (secondary N) is 1. The van der Waals surface area contributed by atoms with Crippen LogP contribution in [0.1, 0.15) is 0 Å². The van der Waals surface area contributed by atoms with E-state index in [9.17, 15) is 0 Å². The second-order valence-electron chi connectivity index (χ2n) is 7.89. The summed E-state index contributed by atoms with van der Waals surface area (Å²) in [6.45, 7) is 0. The van der Waals surface area contributed by atoms with Crippen molar-refractivity contribution in [2.75, 3.05) is 5.32 Å². The number of hydrogen-bond donors (Lipinski definition) is 1. The molecule has 2 heteroatoms. The number of rotatable bonds is 4. The van der Waals surface area contributed by atoms with Crippen molar-refractivity contribution in [3.63, 3.8) is 0 Å². The molecule has 0 spiro atoms. The minimum absolute atomic E-state index is 0.882. The molecular formula is C30H21NO. The van der Waals surface area contributed by atoms with Gasteiger partial charge in [-0.25, -0.2) is 0 Å². The fourth-order valence-corrected chi connectivity index (χ4v) is 4.34. The number of furan rings is 1. The van der Waals surface area contributed by atoms with Crippen LogP contribution in [0.25, 0.3) is 44.2 Å². The second kappa shape index (κ2) is 7.75. The molecule has 0 saturated carbocycles. The highest BCUT2D eigenvalue weighted by Gasteiger charge is 2.11. The monoisotopic (exact) mass is 411 g/mol. The molecule has 0 unspecified atom stereocenters. The topological polar surface area (TPSA) is 25.2 Å². The maximum absolute atomic E-state index is 6.15. The lowest BCUT2D eigenvalue weighted by molar-refractivity contribution is 0.670. The zero-order valence-corrected chi connectivity index (χ0v) is 17.5. The molecule has 6 rings (SSSR count). The Bertz CT molecular complexity index is 1530. The number of hydrogen-bond acceptors (Lipinski definition) is 2. The van der Waals surface area contributed by atoms with Gasteiger partial charge in [0.2, 0.25) is 0 Å². The summed E-state index contributed by atoms with van der Waals surface area (Å²) in [6, 6.07) is 42.1. The van der Waals surface area contributed by atoms with Crippen molar-refractivity contribution >= 4 is 33.3 Å². The molecule has 6 aromatic rings. The van der Waals surface area contributed by atoms with E-state index in [0.29, 0.717) is 0 Å². The average molecular weight is 412 g/mol. The summed E-state index contributed by atoms with van der Waals surface area (Å²) in [4.78, 5) is 0. The Morgan fingerprint density at radius 3 is 1.88 bits per heavy atom. The van der Waals surface area contributed by atoms with Crippen molar-refractivity contribution in [3.8, 4) is 22.3 Å². The molecule has 152 valence electrons. The van der Waals surface area contributed by atoms with Gasteiger partial charge in [-0.05, 0) is 46.5 Å². The van der Waals surface area contributed by atoms with E-state index in [4.69, 9.17) is 4.42 Å². The van der Waals surface area contributed by atoms with Crippen LogP contribution in [0.5, 0.6) is 0 Å². The van der Waals surface area contributed by atoms with Gasteiger partial charge in [-0.2, -0.15) is 0 Å². The lowest BCUT2D eigenvalue weighted by Gasteiger charge is -2.12. The molecule has 1 aromatic heterocycles. The normalized spacial score (nSPS) is 11.1. The Morgan fingerprint density at radius 2 is 1.09 bits per heavy atom. The van der Waals surface area contributed by atoms with Gasteiger partial charge in [0.1, 0.15) is 5.58 Å². The average Bonchev–Trinajstić information content (AvgIpc) is 3.25. The van der Waals surface area contributed by atoms with Crippen LogP contribution in [0.4, 0.5) is 11.4 Å². The molecule has 0 amide bonds. The first-order valence-electron chi connectivity index (χ1n) is 10.8. The first-order valence-corrected chi connectivity index (χ1v) is 10.8. The summed E-state index contributed by atoms with van der Waals surface area (Å²) in [7, 11) is 0. The Morgan fingerprint density at radius 1 is 0.469 bits per heavy atom. The molecule has 1 N–H and O–H groups in total. The van der Waals surface area contributed by atoms with Crippen LogP contribution in [0, 0.1) is 0 Å². The lowest BCUT2D eigenvalue weighted by atomic mass is 9.94. The summed E-state index contributed by atoms with van der Waals surface area (Å²) in [5.41, 5.74) is 8.66. The van der Waals surface area contributed by atoms with Crippen LogP contribution in [0.2, 0.25) is 0 Å². The molecule has 0 aliphatic rings. The fraction of sp³-hybridized carbons (Fsp3) is 0. The molecule has 0 saturated heterocycles. The Hall–Kier alpha value is -4.30. The summed E-state index contributed by atoms with van der Waals surface area (Å²) in [6.07, 6.45) is 0. The van der Waals surface area contributed by atoms with Crippen LogP contribution >= 0.6 is 0 Å². The van der Waals surface area contributed by atoms with Crippen molar-refractivity contribution in [1.29, 1.82) is 0 Å². The van der Waals surface area contributed by atoms with Gasteiger partial charge in [-0.1, -0.05) is 97.1 Å². The van der Waals surface area contributed by atoms with E-state index in [2.05, 4.69) is 108 Å². The van der Waals surface area contributed by atoms with E-state index in [0.717, 1.165) is 33.3 Å². The smallest absolute Gasteiger partial charge is 0.158 e. The third kappa shape index (κ3) is 3.23. The fourth-order valence-electron chi connectivity index (χ4n) is 4.34. The van der Waals surface area contributed by atoms with Gasteiger partial charge in [0.25, 0.3) is 0 Å².